The predicted octanol–water partition coefficient (Wildman–Crippen LogP) is 6.34. The fourth-order valence-corrected chi connectivity index (χ4v) is 4.53. The van der Waals surface area contributed by atoms with E-state index in [4.69, 9.17) is 4.74 Å². The van der Waals surface area contributed by atoms with Crippen LogP contribution in [0.2, 0.25) is 0 Å². The average molecular weight is 494 g/mol. The van der Waals surface area contributed by atoms with Crippen LogP contribution in [0.25, 0.3) is 5.76 Å². The van der Waals surface area contributed by atoms with Crippen LogP contribution >= 0.6 is 0 Å². The number of para-hydroxylation sites is 1. The summed E-state index contributed by atoms with van der Waals surface area (Å²) >= 11 is 0. The van der Waals surface area contributed by atoms with Crippen molar-refractivity contribution >= 4 is 23.1 Å². The molecule has 0 saturated carbocycles. The second-order valence-electron chi connectivity index (χ2n) is 8.78. The minimum Gasteiger partial charge on any atom is -0.507 e. The Labute approximate surface area is 214 Å². The van der Waals surface area contributed by atoms with Crippen LogP contribution in [0.4, 0.5) is 10.1 Å². The van der Waals surface area contributed by atoms with Gasteiger partial charge in [0.2, 0.25) is 0 Å². The van der Waals surface area contributed by atoms with Crippen molar-refractivity contribution < 1.29 is 23.8 Å². The highest BCUT2D eigenvalue weighted by Gasteiger charge is 2.47. The monoisotopic (exact) mass is 493 g/mol. The molecule has 5 rings (SSSR count). The number of amides is 1. The molecule has 0 aliphatic carbocycles. The molecule has 4 aromatic rings. The van der Waals surface area contributed by atoms with Crippen molar-refractivity contribution in [2.24, 2.45) is 0 Å². The summed E-state index contributed by atoms with van der Waals surface area (Å²) in [5.74, 6) is -2.04. The molecular weight excluding hydrogens is 469 g/mol. The van der Waals surface area contributed by atoms with Gasteiger partial charge in [0.25, 0.3) is 11.7 Å². The number of hydrogen-bond acceptors (Lipinski definition) is 4. The van der Waals surface area contributed by atoms with Gasteiger partial charge in [-0.25, -0.2) is 4.39 Å². The summed E-state index contributed by atoms with van der Waals surface area (Å²) in [5, 5.41) is 11.3. The number of hydrogen-bond donors (Lipinski definition) is 1. The van der Waals surface area contributed by atoms with Gasteiger partial charge in [0.05, 0.1) is 11.6 Å². The van der Waals surface area contributed by atoms with E-state index in [9.17, 15) is 19.1 Å². The molecule has 0 spiro atoms. The van der Waals surface area contributed by atoms with Crippen LogP contribution in [-0.4, -0.2) is 16.8 Å². The van der Waals surface area contributed by atoms with E-state index in [0.29, 0.717) is 23.6 Å². The number of halogens is 1. The molecule has 0 bridgehead atoms. The fraction of sp³-hybridized carbons (Fsp3) is 0.0968. The third-order valence-corrected chi connectivity index (χ3v) is 6.36. The maximum atomic E-state index is 15.0. The van der Waals surface area contributed by atoms with Crippen molar-refractivity contribution in [3.8, 4) is 5.75 Å². The Kier molecular flexibility index (Phi) is 6.56. The third-order valence-electron chi connectivity index (χ3n) is 6.36. The second kappa shape index (κ2) is 10.1. The number of benzene rings is 4. The van der Waals surface area contributed by atoms with Crippen LogP contribution in [0.5, 0.6) is 5.75 Å². The lowest BCUT2D eigenvalue weighted by molar-refractivity contribution is -0.132. The number of aliphatic hydroxyl groups is 1. The molecule has 5 nitrogen and oxygen atoms in total. The van der Waals surface area contributed by atoms with Crippen LogP contribution in [0.3, 0.4) is 0 Å². The first-order valence-electron chi connectivity index (χ1n) is 11.8. The minimum absolute atomic E-state index is 0.117. The van der Waals surface area contributed by atoms with Crippen LogP contribution in [0, 0.1) is 12.7 Å². The Hall–Kier alpha value is -4.71. The molecule has 1 aliphatic rings. The summed E-state index contributed by atoms with van der Waals surface area (Å²) in [6, 6.07) is 28.1. The van der Waals surface area contributed by atoms with Gasteiger partial charge in [-0.05, 0) is 54.4 Å². The molecule has 0 aromatic heterocycles. The molecule has 6 heteroatoms. The highest BCUT2D eigenvalue weighted by molar-refractivity contribution is 6.51. The number of anilines is 1. The van der Waals surface area contributed by atoms with Gasteiger partial charge in [-0.15, -0.1) is 0 Å². The molecule has 184 valence electrons. The topological polar surface area (TPSA) is 66.8 Å². The maximum Gasteiger partial charge on any atom is 0.300 e. The van der Waals surface area contributed by atoms with E-state index in [1.807, 2.05) is 37.3 Å². The van der Waals surface area contributed by atoms with E-state index in [0.717, 1.165) is 11.1 Å². The van der Waals surface area contributed by atoms with Crippen LogP contribution in [-0.2, 0) is 16.2 Å². The van der Waals surface area contributed by atoms with E-state index < -0.39 is 23.5 Å². The van der Waals surface area contributed by atoms with E-state index >= 15 is 0 Å². The second-order valence-corrected chi connectivity index (χ2v) is 8.78. The molecule has 0 radical (unpaired) electrons. The highest BCUT2D eigenvalue weighted by Crippen LogP contribution is 2.43. The zero-order chi connectivity index (χ0) is 25.9. The number of Topliss-reactive ketones (excluding diaryl/α,β-unsaturated/α-hetero) is 1. The minimum atomic E-state index is -1.13. The molecule has 1 amide bonds. The van der Waals surface area contributed by atoms with E-state index in [2.05, 4.69) is 0 Å². The van der Waals surface area contributed by atoms with E-state index in [-0.39, 0.29) is 16.9 Å². The zero-order valence-electron chi connectivity index (χ0n) is 20.1. The Bertz CT molecular complexity index is 1500. The number of aryl methyl sites for hydroxylation is 1. The first-order chi connectivity index (χ1) is 18.0. The Balaban J connectivity index is 1.56. The summed E-state index contributed by atoms with van der Waals surface area (Å²) in [6.07, 6.45) is 0. The number of ketones is 1. The van der Waals surface area contributed by atoms with E-state index in [1.54, 1.807) is 54.6 Å². The molecule has 1 heterocycles. The Morgan fingerprint density at radius 1 is 0.892 bits per heavy atom. The van der Waals surface area contributed by atoms with Crippen molar-refractivity contribution in [3.63, 3.8) is 0 Å². The van der Waals surface area contributed by atoms with Crippen molar-refractivity contribution in [1.82, 2.24) is 0 Å². The number of carbonyl (C=O) groups excluding carboxylic acids is 2. The number of carbonyl (C=O) groups is 2. The number of aliphatic hydroxyl groups excluding tert-OH is 1. The third kappa shape index (κ3) is 4.61. The van der Waals surface area contributed by atoms with Gasteiger partial charge in [-0.3, -0.25) is 14.5 Å². The smallest absolute Gasteiger partial charge is 0.300 e. The largest absolute Gasteiger partial charge is 0.507 e. The molecule has 1 fully saturated rings. The fourth-order valence-electron chi connectivity index (χ4n) is 4.53. The van der Waals surface area contributed by atoms with E-state index in [1.165, 1.54) is 23.1 Å². The van der Waals surface area contributed by atoms with Gasteiger partial charge in [-0.1, -0.05) is 66.7 Å². The molecule has 1 atom stereocenters. The van der Waals surface area contributed by atoms with Crippen LogP contribution in [0.1, 0.15) is 28.3 Å². The van der Waals surface area contributed by atoms with Gasteiger partial charge in [0.1, 0.15) is 23.9 Å². The van der Waals surface area contributed by atoms with Crippen LogP contribution in [0.15, 0.2) is 109 Å². The normalized spacial score (nSPS) is 16.7. The number of rotatable bonds is 6. The lowest BCUT2D eigenvalue weighted by Gasteiger charge is -2.25. The number of nitrogens with zero attached hydrogens (tertiary/aromatic N) is 1. The molecular formula is C31H24FNO4. The summed E-state index contributed by atoms with van der Waals surface area (Å²) in [4.78, 5) is 27.7. The number of ether oxygens (including phenoxy) is 1. The van der Waals surface area contributed by atoms with Gasteiger partial charge in [0, 0.05) is 16.8 Å². The molecule has 1 N–H and O–H groups in total. The maximum absolute atomic E-state index is 15.0. The zero-order valence-corrected chi connectivity index (χ0v) is 20.1. The van der Waals surface area contributed by atoms with Gasteiger partial charge < -0.3 is 9.84 Å². The Morgan fingerprint density at radius 3 is 2.22 bits per heavy atom. The molecule has 1 aliphatic heterocycles. The summed E-state index contributed by atoms with van der Waals surface area (Å²) < 4.78 is 20.9. The molecule has 37 heavy (non-hydrogen) atoms. The summed E-state index contributed by atoms with van der Waals surface area (Å²) in [6.45, 7) is 2.20. The van der Waals surface area contributed by atoms with Gasteiger partial charge in [-0.2, -0.15) is 0 Å². The van der Waals surface area contributed by atoms with Crippen LogP contribution < -0.4 is 9.64 Å². The SMILES string of the molecule is Cc1cc(/C(O)=C2\C(=O)C(=O)N(c3ccccc3)C2c2ccccc2F)ccc1OCc1ccccc1. The quantitative estimate of drug-likeness (QED) is 0.193. The lowest BCUT2D eigenvalue weighted by atomic mass is 9.94. The molecule has 4 aromatic carbocycles. The summed E-state index contributed by atoms with van der Waals surface area (Å²) in [5.41, 5.74) is 2.46. The highest BCUT2D eigenvalue weighted by atomic mass is 19.1. The van der Waals surface area contributed by atoms with Crippen molar-refractivity contribution in [2.45, 2.75) is 19.6 Å². The van der Waals surface area contributed by atoms with Gasteiger partial charge >= 0.3 is 0 Å². The summed E-state index contributed by atoms with van der Waals surface area (Å²) in [7, 11) is 0. The standard InChI is InChI=1S/C31H24FNO4/c1-20-18-22(16-17-26(20)37-19-21-10-4-2-5-11-21)29(34)27-28(24-14-8-9-15-25(24)32)33(31(36)30(27)35)23-12-6-3-7-13-23/h2-18,28,34H,19H2,1H3/b29-27+. The van der Waals surface area contributed by atoms with Gasteiger partial charge in [0.15, 0.2) is 0 Å². The first-order valence-corrected chi connectivity index (χ1v) is 11.8. The average Bonchev–Trinajstić information content (AvgIpc) is 3.18. The molecule has 1 saturated heterocycles. The predicted molar refractivity (Wildman–Crippen MR) is 140 cm³/mol. The molecule has 1 unspecified atom stereocenters. The van der Waals surface area contributed by atoms with Crippen molar-refractivity contribution in [1.29, 1.82) is 0 Å². The van der Waals surface area contributed by atoms with Crippen molar-refractivity contribution in [2.75, 3.05) is 4.90 Å². The van der Waals surface area contributed by atoms with Crippen molar-refractivity contribution in [3.05, 3.63) is 137 Å². The Morgan fingerprint density at radius 2 is 1.54 bits per heavy atom. The lowest BCUT2D eigenvalue weighted by Crippen LogP contribution is -2.29. The first kappa shape index (κ1) is 24.0.